The first-order valence-electron chi connectivity index (χ1n) is 13.7. The highest BCUT2D eigenvalue weighted by Crippen LogP contribution is 2.42. The summed E-state index contributed by atoms with van der Waals surface area (Å²) in [7, 11) is 0. The van der Waals surface area contributed by atoms with Crippen molar-refractivity contribution in [3.8, 4) is 11.5 Å². The molecule has 1 aromatic carbocycles. The molecule has 2 heteroatoms. The fourth-order valence-corrected chi connectivity index (χ4v) is 5.50. The minimum Gasteiger partial charge on any atom is -0.507 e. The van der Waals surface area contributed by atoms with E-state index in [0.717, 1.165) is 66.7 Å². The van der Waals surface area contributed by atoms with Crippen LogP contribution in [-0.2, 0) is 19.3 Å². The van der Waals surface area contributed by atoms with E-state index in [1.54, 1.807) is 0 Å². The molecule has 2 nitrogen and oxygen atoms in total. The van der Waals surface area contributed by atoms with Crippen molar-refractivity contribution < 1.29 is 9.84 Å². The van der Waals surface area contributed by atoms with Crippen LogP contribution in [0.4, 0.5) is 0 Å². The topological polar surface area (TPSA) is 29.5 Å². The lowest BCUT2D eigenvalue weighted by Gasteiger charge is -2.37. The van der Waals surface area contributed by atoms with Crippen LogP contribution in [-0.4, -0.2) is 10.7 Å². The minimum absolute atomic E-state index is 0.0648. The van der Waals surface area contributed by atoms with Crippen molar-refractivity contribution in [3.63, 3.8) is 0 Å². The zero-order valence-electron chi connectivity index (χ0n) is 22.4. The molecule has 0 saturated carbocycles. The minimum atomic E-state index is -0.0648. The molecule has 0 unspecified atom stereocenters. The molecule has 0 aliphatic carbocycles. The Morgan fingerprint density at radius 1 is 0.906 bits per heavy atom. The molecule has 0 spiro atoms. The maximum absolute atomic E-state index is 10.6. The highest BCUT2D eigenvalue weighted by Gasteiger charge is 2.33. The van der Waals surface area contributed by atoms with Crippen LogP contribution in [0.25, 0.3) is 0 Å². The van der Waals surface area contributed by atoms with Crippen LogP contribution in [0.2, 0.25) is 0 Å². The number of aromatic hydroxyl groups is 1. The second kappa shape index (κ2) is 12.9. The highest BCUT2D eigenvalue weighted by atomic mass is 16.5. The summed E-state index contributed by atoms with van der Waals surface area (Å²) in [5, 5.41) is 10.6. The lowest BCUT2D eigenvalue weighted by molar-refractivity contribution is 0.0519. The van der Waals surface area contributed by atoms with E-state index in [-0.39, 0.29) is 5.60 Å². The van der Waals surface area contributed by atoms with Crippen LogP contribution in [0, 0.1) is 17.8 Å². The third-order valence-corrected chi connectivity index (χ3v) is 7.83. The molecule has 184 valence electrons. The summed E-state index contributed by atoms with van der Waals surface area (Å²) in [5.41, 5.74) is 3.31. The fourth-order valence-electron chi connectivity index (χ4n) is 5.50. The molecule has 3 atom stereocenters. The predicted molar refractivity (Wildman–Crippen MR) is 139 cm³/mol. The van der Waals surface area contributed by atoms with Gasteiger partial charge in [0.1, 0.15) is 17.1 Å². The van der Waals surface area contributed by atoms with Crippen molar-refractivity contribution in [2.45, 2.75) is 138 Å². The Morgan fingerprint density at radius 3 is 2.06 bits per heavy atom. The quantitative estimate of drug-likeness (QED) is 0.310. The summed E-state index contributed by atoms with van der Waals surface area (Å²) in [6.07, 6.45) is 15.8. The van der Waals surface area contributed by atoms with E-state index in [0.29, 0.717) is 5.75 Å². The second-order valence-corrected chi connectivity index (χ2v) is 11.5. The van der Waals surface area contributed by atoms with Gasteiger partial charge in [-0.05, 0) is 74.8 Å². The van der Waals surface area contributed by atoms with Gasteiger partial charge in [0.2, 0.25) is 0 Å². The van der Waals surface area contributed by atoms with Gasteiger partial charge in [-0.1, -0.05) is 86.5 Å². The Balaban J connectivity index is 1.75. The average Bonchev–Trinajstić information content (AvgIpc) is 2.73. The van der Waals surface area contributed by atoms with E-state index in [4.69, 9.17) is 4.74 Å². The zero-order chi connectivity index (χ0) is 23.7. The first kappa shape index (κ1) is 27.1. The largest absolute Gasteiger partial charge is 0.507 e. The number of aryl methyl sites for hydroxylation is 1. The number of rotatable bonds is 14. The Labute approximate surface area is 199 Å². The lowest BCUT2D eigenvalue weighted by atomic mass is 9.84. The number of hydrogen-bond acceptors (Lipinski definition) is 2. The molecule has 1 heterocycles. The summed E-state index contributed by atoms with van der Waals surface area (Å²) in [6, 6.07) is 2.10. The molecule has 0 bridgehead atoms. The molecule has 0 amide bonds. The van der Waals surface area contributed by atoms with E-state index in [9.17, 15) is 5.11 Å². The van der Waals surface area contributed by atoms with Crippen LogP contribution >= 0.6 is 0 Å². The monoisotopic (exact) mass is 444 g/mol. The summed E-state index contributed by atoms with van der Waals surface area (Å²) >= 11 is 0. The van der Waals surface area contributed by atoms with Crippen molar-refractivity contribution in [2.75, 3.05) is 0 Å². The standard InChI is InChI=1S/C30H52O2/c1-8-25-21-28-27(26(9-2)29(25)31)18-20-30(7,32-28)19-12-17-24(6)16-11-15-23(5)14-10-13-22(3)4/h21-24,31H,8-20H2,1-7H3/t23-,24-,30-/m1/s1. The van der Waals surface area contributed by atoms with Gasteiger partial charge in [-0.3, -0.25) is 0 Å². The molecule has 2 rings (SSSR count). The summed E-state index contributed by atoms with van der Waals surface area (Å²) < 4.78 is 6.60. The maximum Gasteiger partial charge on any atom is 0.124 e. The number of ether oxygens (including phenoxy) is 1. The van der Waals surface area contributed by atoms with E-state index in [2.05, 4.69) is 54.5 Å². The Kier molecular flexibility index (Phi) is 10.9. The third kappa shape index (κ3) is 7.99. The number of fused-ring (bicyclic) bond motifs is 1. The summed E-state index contributed by atoms with van der Waals surface area (Å²) in [4.78, 5) is 0. The Morgan fingerprint density at radius 2 is 1.50 bits per heavy atom. The molecule has 32 heavy (non-hydrogen) atoms. The van der Waals surface area contributed by atoms with Gasteiger partial charge >= 0.3 is 0 Å². The fraction of sp³-hybridized carbons (Fsp3) is 0.800. The molecule has 0 radical (unpaired) electrons. The number of phenols is 1. The Hall–Kier alpha value is -1.18. The molecule has 0 saturated heterocycles. The molecular weight excluding hydrogens is 392 g/mol. The molecule has 1 aliphatic heterocycles. The van der Waals surface area contributed by atoms with Crippen molar-refractivity contribution in [2.24, 2.45) is 17.8 Å². The maximum atomic E-state index is 10.6. The van der Waals surface area contributed by atoms with Crippen molar-refractivity contribution in [3.05, 3.63) is 22.8 Å². The van der Waals surface area contributed by atoms with Crippen molar-refractivity contribution in [1.29, 1.82) is 0 Å². The van der Waals surface area contributed by atoms with Crippen LogP contribution in [0.1, 0.15) is 129 Å². The van der Waals surface area contributed by atoms with Gasteiger partial charge in [0.25, 0.3) is 0 Å². The molecule has 0 aromatic heterocycles. The number of phenolic OH excluding ortho intramolecular Hbond substituents is 1. The average molecular weight is 445 g/mol. The Bertz CT molecular complexity index is 693. The van der Waals surface area contributed by atoms with Gasteiger partial charge in [-0.15, -0.1) is 0 Å². The number of benzene rings is 1. The van der Waals surface area contributed by atoms with Crippen molar-refractivity contribution >= 4 is 0 Å². The van der Waals surface area contributed by atoms with Gasteiger partial charge in [0.05, 0.1) is 0 Å². The summed E-state index contributed by atoms with van der Waals surface area (Å²) in [5.74, 6) is 4.08. The van der Waals surface area contributed by atoms with E-state index in [1.165, 1.54) is 56.9 Å². The first-order chi connectivity index (χ1) is 15.2. The van der Waals surface area contributed by atoms with Gasteiger partial charge in [0, 0.05) is 11.1 Å². The zero-order valence-corrected chi connectivity index (χ0v) is 22.4. The van der Waals surface area contributed by atoms with Crippen molar-refractivity contribution in [1.82, 2.24) is 0 Å². The predicted octanol–water partition coefficient (Wildman–Crippen LogP) is 9.04. The van der Waals surface area contributed by atoms with E-state index in [1.807, 2.05) is 0 Å². The summed E-state index contributed by atoms with van der Waals surface area (Å²) in [6.45, 7) is 16.1. The van der Waals surface area contributed by atoms with E-state index >= 15 is 0 Å². The second-order valence-electron chi connectivity index (χ2n) is 11.5. The highest BCUT2D eigenvalue weighted by molar-refractivity contribution is 5.54. The van der Waals surface area contributed by atoms with Crippen LogP contribution in [0.3, 0.4) is 0 Å². The van der Waals surface area contributed by atoms with Crippen LogP contribution in [0.5, 0.6) is 11.5 Å². The number of hydrogen-bond donors (Lipinski definition) is 1. The molecule has 1 aliphatic rings. The third-order valence-electron chi connectivity index (χ3n) is 7.83. The van der Waals surface area contributed by atoms with Crippen LogP contribution < -0.4 is 4.74 Å². The smallest absolute Gasteiger partial charge is 0.124 e. The van der Waals surface area contributed by atoms with Gasteiger partial charge in [0.15, 0.2) is 0 Å². The molecule has 1 N–H and O–H groups in total. The van der Waals surface area contributed by atoms with Gasteiger partial charge < -0.3 is 9.84 Å². The molecule has 0 fully saturated rings. The first-order valence-corrected chi connectivity index (χ1v) is 13.7. The van der Waals surface area contributed by atoms with Gasteiger partial charge in [-0.2, -0.15) is 0 Å². The molecular formula is C30H52O2. The van der Waals surface area contributed by atoms with Gasteiger partial charge in [-0.25, -0.2) is 0 Å². The molecule has 1 aromatic rings. The normalized spacial score (nSPS) is 20.1. The van der Waals surface area contributed by atoms with Crippen LogP contribution in [0.15, 0.2) is 6.07 Å². The SMILES string of the molecule is CCc1cc2c(c(CC)c1O)CC[C@@](C)(CCC[C@H](C)CCC[C@H](C)CCCC(C)C)O2. The lowest BCUT2D eigenvalue weighted by Crippen LogP contribution is -2.36. The van der Waals surface area contributed by atoms with E-state index < -0.39 is 0 Å².